The zero-order chi connectivity index (χ0) is 10.1. The molecule has 0 radical (unpaired) electrons. The molecule has 14 heavy (non-hydrogen) atoms. The molecule has 0 amide bonds. The highest BCUT2D eigenvalue weighted by Gasteiger charge is 2.05. The van der Waals surface area contributed by atoms with Gasteiger partial charge in [-0.2, -0.15) is 0 Å². The largest absolute Gasteiger partial charge is 0.369 e. The maximum Gasteiger partial charge on any atom is 0.200 e. The number of nitrogen functional groups attached to an aromatic ring is 1. The molecule has 0 atom stereocenters. The molecule has 0 fully saturated rings. The average molecular weight is 192 g/mol. The normalized spacial score (nSPS) is 10.7. The Kier molecular flexibility index (Phi) is 1.95. The third-order valence-electron chi connectivity index (χ3n) is 2.04. The Hall–Kier alpha value is -1.85. The Balaban J connectivity index is 2.27. The first-order valence-corrected chi connectivity index (χ1v) is 4.29. The Bertz CT molecular complexity index is 440. The van der Waals surface area contributed by atoms with Gasteiger partial charge in [-0.05, 0) is 6.92 Å². The minimum atomic E-state index is 0.505. The van der Waals surface area contributed by atoms with Crippen molar-refractivity contribution in [2.24, 2.45) is 7.05 Å². The van der Waals surface area contributed by atoms with E-state index in [2.05, 4.69) is 15.2 Å². The quantitative estimate of drug-likeness (QED) is 0.724. The van der Waals surface area contributed by atoms with Gasteiger partial charge in [-0.25, -0.2) is 4.98 Å². The van der Waals surface area contributed by atoms with Crippen LogP contribution in [-0.4, -0.2) is 24.3 Å². The van der Waals surface area contributed by atoms with Crippen LogP contribution in [0.4, 0.5) is 5.95 Å². The van der Waals surface area contributed by atoms with Crippen molar-refractivity contribution < 1.29 is 0 Å². The molecule has 0 saturated heterocycles. The maximum atomic E-state index is 5.70. The van der Waals surface area contributed by atoms with Gasteiger partial charge in [0.15, 0.2) is 5.82 Å². The van der Waals surface area contributed by atoms with Crippen molar-refractivity contribution in [2.45, 2.75) is 13.5 Å². The minimum Gasteiger partial charge on any atom is -0.369 e. The first-order valence-electron chi connectivity index (χ1n) is 4.29. The summed E-state index contributed by atoms with van der Waals surface area (Å²) in [6.45, 7) is 2.51. The number of hydrogen-bond acceptors (Lipinski definition) is 4. The number of hydrogen-bond donors (Lipinski definition) is 1. The number of imidazole rings is 1. The van der Waals surface area contributed by atoms with E-state index >= 15 is 0 Å². The molecule has 0 bridgehead atoms. The average Bonchev–Trinajstić information content (AvgIpc) is 2.62. The van der Waals surface area contributed by atoms with Gasteiger partial charge in [0.1, 0.15) is 6.33 Å². The first-order chi connectivity index (χ1) is 6.66. The second kappa shape index (κ2) is 3.13. The Morgan fingerprint density at radius 1 is 1.50 bits per heavy atom. The van der Waals surface area contributed by atoms with Crippen LogP contribution in [0.3, 0.4) is 0 Å². The summed E-state index contributed by atoms with van der Waals surface area (Å²) in [5, 5.41) is 7.76. The highest BCUT2D eigenvalue weighted by Crippen LogP contribution is 2.06. The van der Waals surface area contributed by atoms with Crippen molar-refractivity contribution >= 4 is 5.95 Å². The zero-order valence-electron chi connectivity index (χ0n) is 8.18. The SMILES string of the molecule is Cc1cn(Cc2nncn2C)c(N)n1. The van der Waals surface area contributed by atoms with E-state index in [9.17, 15) is 0 Å². The molecule has 0 aliphatic heterocycles. The van der Waals surface area contributed by atoms with Gasteiger partial charge in [-0.1, -0.05) is 0 Å². The molecule has 0 aliphatic rings. The smallest absolute Gasteiger partial charge is 0.200 e. The molecule has 2 rings (SSSR count). The lowest BCUT2D eigenvalue weighted by Crippen LogP contribution is -2.07. The van der Waals surface area contributed by atoms with Crippen LogP contribution in [0, 0.1) is 6.92 Å². The highest BCUT2D eigenvalue weighted by molar-refractivity contribution is 5.22. The summed E-state index contributed by atoms with van der Waals surface area (Å²) < 4.78 is 3.70. The standard InChI is InChI=1S/C8H12N6/c1-6-3-14(8(9)11-6)4-7-12-10-5-13(7)2/h3,5H,4H2,1-2H3,(H2,9,11). The minimum absolute atomic E-state index is 0.505. The molecule has 74 valence electrons. The molecule has 0 unspecified atom stereocenters. The molecule has 2 aromatic heterocycles. The molecule has 0 aromatic carbocycles. The lowest BCUT2D eigenvalue weighted by atomic mass is 10.5. The monoisotopic (exact) mass is 192 g/mol. The molecule has 6 nitrogen and oxygen atoms in total. The molecule has 2 aromatic rings. The van der Waals surface area contributed by atoms with E-state index in [1.165, 1.54) is 0 Å². The van der Waals surface area contributed by atoms with Gasteiger partial charge < -0.3 is 14.9 Å². The van der Waals surface area contributed by atoms with Crippen molar-refractivity contribution in [3.8, 4) is 0 Å². The summed E-state index contributed by atoms with van der Waals surface area (Å²) in [5.74, 6) is 1.36. The van der Waals surface area contributed by atoms with Gasteiger partial charge in [0.05, 0.1) is 12.2 Å². The van der Waals surface area contributed by atoms with E-state index < -0.39 is 0 Å². The molecule has 2 heterocycles. The van der Waals surface area contributed by atoms with E-state index in [1.54, 1.807) is 6.33 Å². The van der Waals surface area contributed by atoms with Gasteiger partial charge >= 0.3 is 0 Å². The number of nitrogens with two attached hydrogens (primary N) is 1. The van der Waals surface area contributed by atoms with E-state index in [0.717, 1.165) is 11.5 Å². The number of aromatic nitrogens is 5. The van der Waals surface area contributed by atoms with Crippen LogP contribution in [0.15, 0.2) is 12.5 Å². The Morgan fingerprint density at radius 2 is 2.29 bits per heavy atom. The molecular formula is C8H12N6. The van der Waals surface area contributed by atoms with Crippen molar-refractivity contribution in [2.75, 3.05) is 5.73 Å². The molecule has 6 heteroatoms. The van der Waals surface area contributed by atoms with E-state index in [1.807, 2.05) is 29.3 Å². The van der Waals surface area contributed by atoms with E-state index in [4.69, 9.17) is 5.73 Å². The summed E-state index contributed by atoms with van der Waals surface area (Å²) in [6, 6.07) is 0. The van der Waals surface area contributed by atoms with Gasteiger partial charge in [0.25, 0.3) is 0 Å². The third kappa shape index (κ3) is 1.46. The lowest BCUT2D eigenvalue weighted by Gasteiger charge is -2.02. The van der Waals surface area contributed by atoms with Crippen LogP contribution in [-0.2, 0) is 13.6 Å². The predicted molar refractivity (Wildman–Crippen MR) is 51.5 cm³/mol. The first kappa shape index (κ1) is 8.74. The summed E-state index contributed by atoms with van der Waals surface area (Å²) >= 11 is 0. The van der Waals surface area contributed by atoms with Crippen molar-refractivity contribution in [3.05, 3.63) is 24.0 Å². The fourth-order valence-corrected chi connectivity index (χ4v) is 1.29. The Morgan fingerprint density at radius 3 is 2.79 bits per heavy atom. The van der Waals surface area contributed by atoms with Crippen LogP contribution >= 0.6 is 0 Å². The van der Waals surface area contributed by atoms with E-state index in [0.29, 0.717) is 12.5 Å². The highest BCUT2D eigenvalue weighted by atomic mass is 15.3. The summed E-state index contributed by atoms with van der Waals surface area (Å²) in [6.07, 6.45) is 3.55. The summed E-state index contributed by atoms with van der Waals surface area (Å²) in [7, 11) is 1.90. The molecule has 0 saturated carbocycles. The maximum absolute atomic E-state index is 5.70. The molecular weight excluding hydrogens is 180 g/mol. The zero-order valence-corrected chi connectivity index (χ0v) is 8.18. The second-order valence-corrected chi connectivity index (χ2v) is 3.23. The molecule has 2 N–H and O–H groups in total. The van der Waals surface area contributed by atoms with Gasteiger partial charge in [-0.15, -0.1) is 10.2 Å². The van der Waals surface area contributed by atoms with Gasteiger partial charge in [0, 0.05) is 13.2 Å². The summed E-state index contributed by atoms with van der Waals surface area (Å²) in [4.78, 5) is 4.10. The predicted octanol–water partition coefficient (Wildman–Crippen LogP) is -0.0495. The number of anilines is 1. The fraction of sp³-hybridized carbons (Fsp3) is 0.375. The third-order valence-corrected chi connectivity index (χ3v) is 2.04. The number of nitrogens with zero attached hydrogens (tertiary/aromatic N) is 5. The number of aryl methyl sites for hydroxylation is 2. The second-order valence-electron chi connectivity index (χ2n) is 3.23. The fourth-order valence-electron chi connectivity index (χ4n) is 1.29. The Labute approximate surface area is 81.4 Å². The van der Waals surface area contributed by atoms with Crippen LogP contribution < -0.4 is 5.73 Å². The molecule has 0 spiro atoms. The van der Waals surface area contributed by atoms with Crippen molar-refractivity contribution in [1.29, 1.82) is 0 Å². The van der Waals surface area contributed by atoms with Crippen molar-refractivity contribution in [3.63, 3.8) is 0 Å². The van der Waals surface area contributed by atoms with Crippen LogP contribution in [0.5, 0.6) is 0 Å². The van der Waals surface area contributed by atoms with Crippen LogP contribution in [0.2, 0.25) is 0 Å². The number of rotatable bonds is 2. The van der Waals surface area contributed by atoms with Crippen LogP contribution in [0.25, 0.3) is 0 Å². The topological polar surface area (TPSA) is 74.5 Å². The van der Waals surface area contributed by atoms with Gasteiger partial charge in [-0.3, -0.25) is 0 Å². The van der Waals surface area contributed by atoms with E-state index in [-0.39, 0.29) is 0 Å². The summed E-state index contributed by atoms with van der Waals surface area (Å²) in [5.41, 5.74) is 6.61. The lowest BCUT2D eigenvalue weighted by molar-refractivity contribution is 0.704. The van der Waals surface area contributed by atoms with Gasteiger partial charge in [0.2, 0.25) is 5.95 Å². The van der Waals surface area contributed by atoms with Crippen molar-refractivity contribution in [1.82, 2.24) is 24.3 Å². The molecule has 0 aliphatic carbocycles. The van der Waals surface area contributed by atoms with Crippen LogP contribution in [0.1, 0.15) is 11.5 Å².